The van der Waals surface area contributed by atoms with Crippen LogP contribution in [0.25, 0.3) is 0 Å². The highest BCUT2D eigenvalue weighted by Crippen LogP contribution is 2.70. The van der Waals surface area contributed by atoms with E-state index in [1.165, 1.54) is 0 Å². The zero-order valence-corrected chi connectivity index (χ0v) is 34.7. The molecule has 14 nitrogen and oxygen atoms in total. The molecule has 0 bridgehead atoms. The standard InChI is InChI=1S/C43H70N2O12/c1-23-21-45(15-13-44)14-10-36(52-23)56-39-24(2)54-38(20-33(39)47)57-40-25(3)53-37(19-32(40)46)55-28-8-11-41(4)27(17-28)6-7-30-31(41)18-34(48)42(5)29(9-12-43(30,42)50)26-16-35(49)51-22-26/h16,23-25,27-34,36-40,46-48,50H,6-15,17-22,44H2,1-5H3/t23?,24-,25-,27?,28-,29+,30?,31?,32-,33-,34-,36?,37-,38-,39+,40+,41-,42-,43-/m0/s1. The van der Waals surface area contributed by atoms with Crippen molar-refractivity contribution < 1.29 is 58.4 Å². The fourth-order valence-corrected chi connectivity index (χ4v) is 13.2. The quantitative estimate of drug-likeness (QED) is 0.169. The summed E-state index contributed by atoms with van der Waals surface area (Å²) in [5.74, 6) is 0.266. The van der Waals surface area contributed by atoms with Crippen LogP contribution in [0.4, 0.5) is 0 Å². The summed E-state index contributed by atoms with van der Waals surface area (Å²) in [5, 5.41) is 47.0. The molecule has 8 rings (SSSR count). The number of carbonyl (C=O) groups excluding carboxylic acids is 1. The normalized spacial score (nSPS) is 52.0. The van der Waals surface area contributed by atoms with Crippen LogP contribution in [-0.2, 0) is 38.0 Å². The minimum atomic E-state index is -1.00. The average molecular weight is 807 g/mol. The van der Waals surface area contributed by atoms with Crippen molar-refractivity contribution in [1.29, 1.82) is 0 Å². The maximum atomic E-state index is 12.6. The first kappa shape index (κ1) is 42.4. The van der Waals surface area contributed by atoms with Crippen LogP contribution >= 0.6 is 0 Å². The van der Waals surface area contributed by atoms with Gasteiger partial charge in [-0.2, -0.15) is 0 Å². The Morgan fingerprint density at radius 3 is 2.16 bits per heavy atom. The third-order valence-corrected chi connectivity index (χ3v) is 16.3. The van der Waals surface area contributed by atoms with Gasteiger partial charge in [-0.3, -0.25) is 4.90 Å². The summed E-state index contributed by atoms with van der Waals surface area (Å²) >= 11 is 0. The van der Waals surface area contributed by atoms with E-state index in [2.05, 4.69) is 11.8 Å². The van der Waals surface area contributed by atoms with E-state index in [1.807, 2.05) is 27.7 Å². The molecule has 4 heterocycles. The van der Waals surface area contributed by atoms with Gasteiger partial charge in [0.25, 0.3) is 0 Å². The van der Waals surface area contributed by atoms with Crippen molar-refractivity contribution in [2.24, 2.45) is 40.2 Å². The van der Waals surface area contributed by atoms with Gasteiger partial charge in [0.05, 0.1) is 48.3 Å². The molecule has 14 heteroatoms. The highest BCUT2D eigenvalue weighted by Gasteiger charge is 2.71. The summed E-state index contributed by atoms with van der Waals surface area (Å²) in [6.07, 6.45) is 2.92. The molecule has 5 unspecified atom stereocenters. The molecule has 19 atom stereocenters. The summed E-state index contributed by atoms with van der Waals surface area (Å²) < 4.78 is 43.1. The number of esters is 1. The second kappa shape index (κ2) is 16.5. The van der Waals surface area contributed by atoms with Crippen LogP contribution in [0.3, 0.4) is 0 Å². The molecule has 6 N–H and O–H groups in total. The average Bonchev–Trinajstić information content (AvgIpc) is 3.64. The Hall–Kier alpha value is -1.27. The maximum absolute atomic E-state index is 12.6. The van der Waals surface area contributed by atoms with Crippen LogP contribution in [0.15, 0.2) is 11.6 Å². The molecule has 4 aliphatic carbocycles. The lowest BCUT2D eigenvalue weighted by atomic mass is 9.42. The number of hydrogen-bond acceptors (Lipinski definition) is 14. The number of fused-ring (bicyclic) bond motifs is 5. The molecular formula is C43H70N2O12. The molecule has 0 aromatic heterocycles. The predicted octanol–water partition coefficient (Wildman–Crippen LogP) is 2.76. The van der Waals surface area contributed by atoms with Gasteiger partial charge in [0.2, 0.25) is 0 Å². The van der Waals surface area contributed by atoms with Crippen LogP contribution in [0.5, 0.6) is 0 Å². The lowest BCUT2D eigenvalue weighted by Crippen LogP contribution is -2.67. The van der Waals surface area contributed by atoms with E-state index >= 15 is 0 Å². The molecule has 57 heavy (non-hydrogen) atoms. The smallest absolute Gasteiger partial charge is 0.331 e. The van der Waals surface area contributed by atoms with Crippen molar-refractivity contribution >= 4 is 5.97 Å². The number of cyclic esters (lactones) is 1. The van der Waals surface area contributed by atoms with Gasteiger partial charge in [-0.15, -0.1) is 0 Å². The number of aliphatic hydroxyl groups is 4. The fourth-order valence-electron chi connectivity index (χ4n) is 13.2. The summed E-state index contributed by atoms with van der Waals surface area (Å²) in [4.78, 5) is 14.2. The summed E-state index contributed by atoms with van der Waals surface area (Å²) in [7, 11) is 0. The van der Waals surface area contributed by atoms with Crippen molar-refractivity contribution in [2.45, 2.75) is 185 Å². The number of carbonyl (C=O) groups is 1. The topological polar surface area (TPSA) is 192 Å². The molecule has 4 aliphatic heterocycles. The van der Waals surface area contributed by atoms with E-state index in [9.17, 15) is 25.2 Å². The molecule has 0 amide bonds. The van der Waals surface area contributed by atoms with Gasteiger partial charge >= 0.3 is 5.97 Å². The van der Waals surface area contributed by atoms with Crippen LogP contribution < -0.4 is 5.73 Å². The minimum Gasteiger partial charge on any atom is -0.458 e. The van der Waals surface area contributed by atoms with Crippen molar-refractivity contribution in [3.8, 4) is 0 Å². The van der Waals surface area contributed by atoms with Gasteiger partial charge in [0, 0.05) is 56.9 Å². The number of aliphatic hydroxyl groups excluding tert-OH is 3. The van der Waals surface area contributed by atoms with Gasteiger partial charge in [-0.25, -0.2) is 4.79 Å². The van der Waals surface area contributed by atoms with Crippen LogP contribution in [0, 0.1) is 34.5 Å². The Bertz CT molecular complexity index is 1450. The Morgan fingerprint density at radius 2 is 1.51 bits per heavy atom. The number of ether oxygens (including phenoxy) is 7. The first-order valence-electron chi connectivity index (χ1n) is 22.1. The molecule has 0 aromatic rings. The second-order valence-electron chi connectivity index (χ2n) is 19.5. The maximum Gasteiger partial charge on any atom is 0.331 e. The van der Waals surface area contributed by atoms with E-state index < -0.39 is 72.6 Å². The van der Waals surface area contributed by atoms with E-state index in [0.717, 1.165) is 63.7 Å². The zero-order chi connectivity index (χ0) is 40.4. The molecule has 8 aliphatic rings. The molecular weight excluding hydrogens is 736 g/mol. The molecule has 324 valence electrons. The Balaban J connectivity index is 0.826. The third-order valence-electron chi connectivity index (χ3n) is 16.3. The van der Waals surface area contributed by atoms with E-state index in [-0.39, 0.29) is 60.8 Å². The number of nitrogens with two attached hydrogens (primary N) is 1. The largest absolute Gasteiger partial charge is 0.458 e. The van der Waals surface area contributed by atoms with E-state index in [0.29, 0.717) is 31.7 Å². The van der Waals surface area contributed by atoms with E-state index in [4.69, 9.17) is 38.9 Å². The lowest BCUT2D eigenvalue weighted by Gasteiger charge is -2.65. The molecule has 0 spiro atoms. The van der Waals surface area contributed by atoms with E-state index in [1.54, 1.807) is 6.08 Å². The number of hydrogen-bond donors (Lipinski definition) is 5. The van der Waals surface area contributed by atoms with Crippen molar-refractivity contribution in [2.75, 3.05) is 32.8 Å². The monoisotopic (exact) mass is 806 g/mol. The summed E-state index contributed by atoms with van der Waals surface area (Å²) in [6.45, 7) is 13.4. The van der Waals surface area contributed by atoms with Crippen LogP contribution in [-0.4, -0.2) is 143 Å². The van der Waals surface area contributed by atoms with Crippen LogP contribution in [0.2, 0.25) is 0 Å². The van der Waals surface area contributed by atoms with Crippen molar-refractivity contribution in [1.82, 2.24) is 4.90 Å². The highest BCUT2D eigenvalue weighted by atomic mass is 16.7. The Kier molecular flexibility index (Phi) is 12.3. The summed E-state index contributed by atoms with van der Waals surface area (Å²) in [6, 6.07) is 0. The van der Waals surface area contributed by atoms with Crippen molar-refractivity contribution in [3.63, 3.8) is 0 Å². The molecule has 0 aromatic carbocycles. The first-order chi connectivity index (χ1) is 27.1. The van der Waals surface area contributed by atoms with Gasteiger partial charge in [-0.1, -0.05) is 13.8 Å². The lowest BCUT2D eigenvalue weighted by molar-refractivity contribution is -0.329. The highest BCUT2D eigenvalue weighted by molar-refractivity contribution is 5.85. The first-order valence-corrected chi connectivity index (χ1v) is 22.1. The van der Waals surface area contributed by atoms with Crippen molar-refractivity contribution in [3.05, 3.63) is 11.6 Å². The zero-order valence-electron chi connectivity index (χ0n) is 34.7. The van der Waals surface area contributed by atoms with Gasteiger partial charge < -0.3 is 59.3 Å². The Labute approximate surface area is 338 Å². The second-order valence-corrected chi connectivity index (χ2v) is 19.5. The molecule has 4 saturated carbocycles. The fraction of sp³-hybridized carbons (Fsp3) is 0.930. The van der Waals surface area contributed by atoms with Gasteiger partial charge in [0.15, 0.2) is 18.9 Å². The minimum absolute atomic E-state index is 0.0233. The van der Waals surface area contributed by atoms with Crippen LogP contribution in [0.1, 0.15) is 105 Å². The number of rotatable bonds is 9. The molecule has 7 fully saturated rings. The molecule has 3 saturated heterocycles. The van der Waals surface area contributed by atoms with Gasteiger partial charge in [-0.05, 0) is 107 Å². The Morgan fingerprint density at radius 1 is 0.825 bits per heavy atom. The van der Waals surface area contributed by atoms with Gasteiger partial charge in [0.1, 0.15) is 18.8 Å². The predicted molar refractivity (Wildman–Crippen MR) is 206 cm³/mol. The summed E-state index contributed by atoms with van der Waals surface area (Å²) in [5.41, 5.74) is 4.93. The molecule has 0 radical (unpaired) electrons. The number of nitrogens with zero attached hydrogens (tertiary/aromatic N) is 1. The third kappa shape index (κ3) is 7.79. The SMILES string of the molecule is CC1CN(CCN)CCC(O[C@@H]2[C@H](C)O[C@@H](O[C@@H]3[C@H](C)O[C@@H](O[C@H]4CC[C@@]5(C)C(CCC6C5C[C@H](O)[C@]5(C)[C@@H](C7=CC(=O)OC7)CC[C@]65O)C4)C[C@@H]3O)C[C@@H]2O)O1.